The van der Waals surface area contributed by atoms with Gasteiger partial charge in [-0.2, -0.15) is 0 Å². The predicted molar refractivity (Wildman–Crippen MR) is 104 cm³/mol. The van der Waals surface area contributed by atoms with Crippen LogP contribution in [-0.2, 0) is 11.2 Å². The van der Waals surface area contributed by atoms with Crippen molar-refractivity contribution < 1.29 is 13.9 Å². The van der Waals surface area contributed by atoms with E-state index >= 15 is 0 Å². The first-order valence-corrected chi connectivity index (χ1v) is 9.65. The smallest absolute Gasteiger partial charge is 0.277 e. The van der Waals surface area contributed by atoms with Gasteiger partial charge in [0.2, 0.25) is 5.91 Å². The zero-order valence-corrected chi connectivity index (χ0v) is 15.9. The zero-order valence-electron chi connectivity index (χ0n) is 15.1. The summed E-state index contributed by atoms with van der Waals surface area (Å²) in [5.74, 6) is 1.32. The topological polar surface area (TPSA) is 68.5 Å². The number of fused-ring (bicyclic) bond motifs is 1. The second kappa shape index (κ2) is 7.44. The van der Waals surface area contributed by atoms with Crippen LogP contribution in [0, 0.1) is 0 Å². The van der Waals surface area contributed by atoms with Gasteiger partial charge in [0.1, 0.15) is 5.75 Å². The molecule has 6 nitrogen and oxygen atoms in total. The number of ether oxygens (including phenoxy) is 1. The van der Waals surface area contributed by atoms with E-state index in [1.807, 2.05) is 47.4 Å². The Bertz CT molecular complexity index is 972. The van der Waals surface area contributed by atoms with E-state index in [2.05, 4.69) is 23.2 Å². The second-order valence-corrected chi connectivity index (χ2v) is 7.23. The van der Waals surface area contributed by atoms with Gasteiger partial charge in [-0.15, -0.1) is 10.2 Å². The first-order valence-electron chi connectivity index (χ1n) is 8.67. The average Bonchev–Trinajstić information content (AvgIpc) is 3.29. The Morgan fingerprint density at radius 1 is 1.22 bits per heavy atom. The summed E-state index contributed by atoms with van der Waals surface area (Å²) in [5, 5.41) is 8.49. The van der Waals surface area contributed by atoms with Crippen LogP contribution < -0.4 is 9.64 Å². The first kappa shape index (κ1) is 17.6. The molecule has 1 aliphatic heterocycles. The number of methoxy groups -OCH3 is 1. The lowest BCUT2D eigenvalue weighted by Gasteiger charge is -2.22. The Labute approximate surface area is 161 Å². The van der Waals surface area contributed by atoms with Crippen molar-refractivity contribution in [3.63, 3.8) is 0 Å². The molecule has 1 aromatic heterocycles. The lowest BCUT2D eigenvalue weighted by Crippen LogP contribution is -2.36. The molecule has 138 valence electrons. The average molecular weight is 381 g/mol. The van der Waals surface area contributed by atoms with Gasteiger partial charge in [-0.1, -0.05) is 42.1 Å². The molecule has 0 saturated heterocycles. The number of carbonyl (C=O) groups excluding carboxylic acids is 1. The van der Waals surface area contributed by atoms with Crippen molar-refractivity contribution >= 4 is 23.4 Å². The fraction of sp³-hybridized carbons (Fsp3) is 0.250. The number of anilines is 1. The summed E-state index contributed by atoms with van der Waals surface area (Å²) >= 11 is 1.25. The Morgan fingerprint density at radius 3 is 2.85 bits per heavy atom. The lowest BCUT2D eigenvalue weighted by atomic mass is 10.1. The molecule has 2 heterocycles. The molecule has 4 rings (SSSR count). The van der Waals surface area contributed by atoms with Crippen LogP contribution in [0.15, 0.2) is 58.2 Å². The number of thioether (sulfide) groups is 1. The minimum absolute atomic E-state index is 0.0366. The van der Waals surface area contributed by atoms with Crippen LogP contribution in [0.3, 0.4) is 0 Å². The minimum Gasteiger partial charge on any atom is -0.496 e. The van der Waals surface area contributed by atoms with Gasteiger partial charge >= 0.3 is 0 Å². The summed E-state index contributed by atoms with van der Waals surface area (Å²) < 4.78 is 11.0. The fourth-order valence-electron chi connectivity index (χ4n) is 3.34. The zero-order chi connectivity index (χ0) is 18.8. The van der Waals surface area contributed by atoms with E-state index < -0.39 is 0 Å². The summed E-state index contributed by atoms with van der Waals surface area (Å²) in [6, 6.07) is 15.6. The molecule has 2 aromatic carbocycles. The molecular weight excluding hydrogens is 362 g/mol. The number of hydrogen-bond acceptors (Lipinski definition) is 6. The monoisotopic (exact) mass is 381 g/mol. The van der Waals surface area contributed by atoms with E-state index in [9.17, 15) is 4.79 Å². The van der Waals surface area contributed by atoms with Crippen LogP contribution in [-0.4, -0.2) is 35.0 Å². The van der Waals surface area contributed by atoms with Crippen molar-refractivity contribution in [2.45, 2.75) is 24.6 Å². The molecule has 0 bridgehead atoms. The van der Waals surface area contributed by atoms with E-state index in [4.69, 9.17) is 9.15 Å². The van der Waals surface area contributed by atoms with Crippen molar-refractivity contribution in [2.24, 2.45) is 0 Å². The van der Waals surface area contributed by atoms with Gasteiger partial charge in [-0.25, -0.2) is 0 Å². The fourth-order valence-corrected chi connectivity index (χ4v) is 3.96. The van der Waals surface area contributed by atoms with Crippen LogP contribution in [0.1, 0.15) is 12.5 Å². The Morgan fingerprint density at radius 2 is 2.00 bits per heavy atom. The summed E-state index contributed by atoms with van der Waals surface area (Å²) in [4.78, 5) is 14.6. The summed E-state index contributed by atoms with van der Waals surface area (Å²) in [5.41, 5.74) is 2.93. The van der Waals surface area contributed by atoms with E-state index in [0.29, 0.717) is 16.9 Å². The number of carbonyl (C=O) groups is 1. The highest BCUT2D eigenvalue weighted by molar-refractivity contribution is 7.99. The number of para-hydroxylation sites is 2. The SMILES string of the molecule is COc1ccccc1-c1nnc(SCC(=O)N2c3ccccc3CC2C)o1. The van der Waals surface area contributed by atoms with Crippen LogP contribution >= 0.6 is 11.8 Å². The van der Waals surface area contributed by atoms with Gasteiger partial charge in [0, 0.05) is 11.7 Å². The molecular formula is C20H19N3O3S. The van der Waals surface area contributed by atoms with Crippen LogP contribution in [0.4, 0.5) is 5.69 Å². The van der Waals surface area contributed by atoms with E-state index in [-0.39, 0.29) is 17.7 Å². The number of hydrogen-bond donors (Lipinski definition) is 0. The Kier molecular flexibility index (Phi) is 4.85. The van der Waals surface area contributed by atoms with Crippen molar-refractivity contribution in [3.8, 4) is 17.2 Å². The number of aromatic nitrogens is 2. The van der Waals surface area contributed by atoms with E-state index in [0.717, 1.165) is 17.7 Å². The van der Waals surface area contributed by atoms with Crippen LogP contribution in [0.2, 0.25) is 0 Å². The molecule has 0 radical (unpaired) electrons. The van der Waals surface area contributed by atoms with E-state index in [1.165, 1.54) is 17.3 Å². The second-order valence-electron chi connectivity index (χ2n) is 6.31. The minimum atomic E-state index is 0.0366. The third kappa shape index (κ3) is 3.42. The molecule has 1 aliphatic rings. The Balaban J connectivity index is 1.46. The molecule has 0 N–H and O–H groups in total. The standard InChI is InChI=1S/C20H19N3O3S/c1-13-11-14-7-3-5-9-16(14)23(13)18(24)12-27-20-22-21-19(26-20)15-8-4-6-10-17(15)25-2/h3-10,13H,11-12H2,1-2H3. The third-order valence-electron chi connectivity index (χ3n) is 4.54. The van der Waals surface area contributed by atoms with Crippen molar-refractivity contribution in [3.05, 3.63) is 54.1 Å². The van der Waals surface area contributed by atoms with Gasteiger partial charge in [0.05, 0.1) is 18.4 Å². The molecule has 27 heavy (non-hydrogen) atoms. The largest absolute Gasteiger partial charge is 0.496 e. The highest BCUT2D eigenvalue weighted by atomic mass is 32.2. The molecule has 7 heteroatoms. The molecule has 3 aromatic rings. The van der Waals surface area contributed by atoms with Gasteiger partial charge < -0.3 is 14.1 Å². The third-order valence-corrected chi connectivity index (χ3v) is 5.34. The first-order chi connectivity index (χ1) is 13.2. The van der Waals surface area contributed by atoms with Gasteiger partial charge in [0.25, 0.3) is 11.1 Å². The van der Waals surface area contributed by atoms with Crippen LogP contribution in [0.5, 0.6) is 5.75 Å². The number of benzene rings is 2. The highest BCUT2D eigenvalue weighted by Gasteiger charge is 2.30. The lowest BCUT2D eigenvalue weighted by molar-refractivity contribution is -0.116. The Hall–Kier alpha value is -2.80. The number of amides is 1. The van der Waals surface area contributed by atoms with Crippen molar-refractivity contribution in [1.29, 1.82) is 0 Å². The molecule has 0 fully saturated rings. The molecule has 1 unspecified atom stereocenters. The molecule has 0 aliphatic carbocycles. The number of nitrogens with zero attached hydrogens (tertiary/aromatic N) is 3. The van der Waals surface area contributed by atoms with Gasteiger partial charge in [0.15, 0.2) is 0 Å². The van der Waals surface area contributed by atoms with Crippen molar-refractivity contribution in [2.75, 3.05) is 17.8 Å². The molecule has 0 saturated carbocycles. The maximum atomic E-state index is 12.8. The normalized spacial score (nSPS) is 15.6. The predicted octanol–water partition coefficient (Wildman–Crippen LogP) is 3.82. The number of rotatable bonds is 5. The van der Waals surface area contributed by atoms with Crippen LogP contribution in [0.25, 0.3) is 11.5 Å². The molecule has 1 atom stereocenters. The van der Waals surface area contributed by atoms with E-state index in [1.54, 1.807) is 7.11 Å². The quantitative estimate of drug-likeness (QED) is 0.626. The van der Waals surface area contributed by atoms with Gasteiger partial charge in [-0.3, -0.25) is 4.79 Å². The summed E-state index contributed by atoms with van der Waals surface area (Å²) in [7, 11) is 1.60. The molecule has 0 spiro atoms. The summed E-state index contributed by atoms with van der Waals surface area (Å²) in [6.07, 6.45) is 0.880. The summed E-state index contributed by atoms with van der Waals surface area (Å²) in [6.45, 7) is 2.06. The maximum Gasteiger partial charge on any atom is 0.277 e. The molecule has 1 amide bonds. The van der Waals surface area contributed by atoms with Gasteiger partial charge in [-0.05, 0) is 37.1 Å². The highest BCUT2D eigenvalue weighted by Crippen LogP contribution is 2.34. The maximum absolute atomic E-state index is 12.8. The van der Waals surface area contributed by atoms with Crippen molar-refractivity contribution in [1.82, 2.24) is 10.2 Å².